The second-order valence-electron chi connectivity index (χ2n) is 7.17. The average Bonchev–Trinajstić information content (AvgIpc) is 2.65. The lowest BCUT2D eigenvalue weighted by atomic mass is 9.92. The highest BCUT2D eigenvalue weighted by molar-refractivity contribution is 5.98. The number of hydrogen-bond acceptors (Lipinski definition) is 3. The Hall–Kier alpha value is -3.29. The lowest BCUT2D eigenvalue weighted by molar-refractivity contribution is -0.134. The minimum Gasteiger partial charge on any atom is -0.347 e. The summed E-state index contributed by atoms with van der Waals surface area (Å²) in [6, 6.07) is 7.17. The number of benzene rings is 2. The maximum absolute atomic E-state index is 14.2. The Morgan fingerprint density at radius 1 is 1.07 bits per heavy atom. The first-order valence-electron chi connectivity index (χ1n) is 9.04. The van der Waals surface area contributed by atoms with E-state index in [-0.39, 0.29) is 30.3 Å². The van der Waals surface area contributed by atoms with Crippen LogP contribution in [0.4, 0.5) is 14.5 Å². The molecule has 3 rings (SSSR count). The molecule has 1 aliphatic rings. The van der Waals surface area contributed by atoms with Gasteiger partial charge in [-0.3, -0.25) is 14.4 Å². The van der Waals surface area contributed by atoms with Crippen molar-refractivity contribution in [2.45, 2.75) is 25.9 Å². The zero-order valence-electron chi connectivity index (χ0n) is 16.3. The van der Waals surface area contributed by atoms with Gasteiger partial charge in [0, 0.05) is 45.7 Å². The molecule has 0 unspecified atom stereocenters. The zero-order chi connectivity index (χ0) is 21.3. The number of amides is 3. The Morgan fingerprint density at radius 2 is 1.79 bits per heavy atom. The van der Waals surface area contributed by atoms with Gasteiger partial charge in [-0.15, -0.1) is 0 Å². The number of carbonyl (C=O) groups is 3. The molecule has 0 bridgehead atoms. The molecule has 0 aromatic heterocycles. The Balaban J connectivity index is 2.01. The summed E-state index contributed by atoms with van der Waals surface area (Å²) in [5.74, 6) is -2.99. The molecule has 0 aliphatic carbocycles. The maximum Gasteiger partial charge on any atom is 0.257 e. The number of fused-ring (bicyclic) bond motifs is 1. The van der Waals surface area contributed by atoms with Gasteiger partial charge >= 0.3 is 0 Å². The molecule has 8 heteroatoms. The zero-order valence-corrected chi connectivity index (χ0v) is 16.3. The van der Waals surface area contributed by atoms with Gasteiger partial charge in [0.05, 0.1) is 5.56 Å². The summed E-state index contributed by atoms with van der Waals surface area (Å²) >= 11 is 0. The number of anilines is 1. The molecule has 0 fully saturated rings. The number of hydrogen-bond donors (Lipinski definition) is 1. The van der Waals surface area contributed by atoms with Crippen molar-refractivity contribution in [3.8, 4) is 0 Å². The van der Waals surface area contributed by atoms with Crippen molar-refractivity contribution < 1.29 is 23.2 Å². The number of nitrogens with one attached hydrogen (secondary N) is 1. The van der Waals surface area contributed by atoms with Crippen LogP contribution < -0.4 is 5.32 Å². The van der Waals surface area contributed by atoms with Gasteiger partial charge < -0.3 is 15.1 Å². The standard InChI is InChI=1S/C21H21F2N3O3/c1-12(27)24-16-6-4-13-9-19(21(29)25(2)3)26(11-14(13)8-16)20(28)17-7-5-15(22)10-18(17)23/h4-8,10,19H,9,11H2,1-3H3,(H,24,27)/t19-/m0/s1. The summed E-state index contributed by atoms with van der Waals surface area (Å²) in [6.07, 6.45) is 0.251. The molecule has 1 atom stereocenters. The molecular formula is C21H21F2N3O3. The molecule has 29 heavy (non-hydrogen) atoms. The highest BCUT2D eigenvalue weighted by Gasteiger charge is 2.36. The fourth-order valence-corrected chi connectivity index (χ4v) is 3.42. The Morgan fingerprint density at radius 3 is 2.41 bits per heavy atom. The Bertz CT molecular complexity index is 991. The molecule has 1 heterocycles. The van der Waals surface area contributed by atoms with E-state index in [0.717, 1.165) is 23.3 Å². The highest BCUT2D eigenvalue weighted by atomic mass is 19.1. The minimum atomic E-state index is -0.983. The van der Waals surface area contributed by atoms with E-state index in [2.05, 4.69) is 5.32 Å². The van der Waals surface area contributed by atoms with Crippen molar-refractivity contribution in [3.63, 3.8) is 0 Å². The average molecular weight is 401 g/mol. The third kappa shape index (κ3) is 4.26. The summed E-state index contributed by atoms with van der Waals surface area (Å²) in [5, 5.41) is 2.68. The van der Waals surface area contributed by atoms with E-state index < -0.39 is 23.6 Å². The predicted octanol–water partition coefficient (Wildman–Crippen LogP) is 2.58. The monoisotopic (exact) mass is 401 g/mol. The van der Waals surface area contributed by atoms with E-state index in [1.165, 1.54) is 16.7 Å². The fourth-order valence-electron chi connectivity index (χ4n) is 3.42. The second-order valence-corrected chi connectivity index (χ2v) is 7.17. The quantitative estimate of drug-likeness (QED) is 0.860. The van der Waals surface area contributed by atoms with Crippen LogP contribution in [0.15, 0.2) is 36.4 Å². The first-order valence-corrected chi connectivity index (χ1v) is 9.04. The number of carbonyl (C=O) groups excluding carboxylic acids is 3. The van der Waals surface area contributed by atoms with Crippen molar-refractivity contribution in [3.05, 3.63) is 64.7 Å². The number of nitrogens with zero attached hydrogens (tertiary/aromatic N) is 2. The van der Waals surface area contributed by atoms with Crippen LogP contribution in [-0.4, -0.2) is 47.7 Å². The van der Waals surface area contributed by atoms with Crippen LogP contribution in [0.5, 0.6) is 0 Å². The summed E-state index contributed by atoms with van der Waals surface area (Å²) in [7, 11) is 3.16. The van der Waals surface area contributed by atoms with Gasteiger partial charge in [0.2, 0.25) is 11.8 Å². The largest absolute Gasteiger partial charge is 0.347 e. The summed E-state index contributed by atoms with van der Waals surface area (Å²) < 4.78 is 27.5. The number of likely N-dealkylation sites (N-methyl/N-ethyl adjacent to an activating group) is 1. The van der Waals surface area contributed by atoms with Gasteiger partial charge in [0.1, 0.15) is 17.7 Å². The van der Waals surface area contributed by atoms with Crippen LogP contribution in [0.2, 0.25) is 0 Å². The molecule has 0 saturated carbocycles. The first-order chi connectivity index (χ1) is 13.7. The molecule has 0 saturated heterocycles. The molecule has 152 valence electrons. The molecule has 0 spiro atoms. The van der Waals surface area contributed by atoms with Crippen molar-refractivity contribution in [1.29, 1.82) is 0 Å². The first kappa shape index (κ1) is 20.4. The van der Waals surface area contributed by atoms with E-state index in [0.29, 0.717) is 11.8 Å². The van der Waals surface area contributed by atoms with E-state index >= 15 is 0 Å². The maximum atomic E-state index is 14.2. The molecule has 2 aromatic carbocycles. The molecule has 1 N–H and O–H groups in total. The van der Waals surface area contributed by atoms with E-state index in [4.69, 9.17) is 0 Å². The summed E-state index contributed by atoms with van der Waals surface area (Å²) in [5.41, 5.74) is 1.87. The van der Waals surface area contributed by atoms with Gasteiger partial charge in [-0.2, -0.15) is 0 Å². The van der Waals surface area contributed by atoms with Crippen LogP contribution in [0.3, 0.4) is 0 Å². The molecule has 0 radical (unpaired) electrons. The SMILES string of the molecule is CC(=O)Nc1ccc2c(c1)CN(C(=O)c1ccc(F)cc1F)[C@H](C(=O)N(C)C)C2. The summed E-state index contributed by atoms with van der Waals surface area (Å²) in [4.78, 5) is 39.8. The molecule has 3 amide bonds. The van der Waals surface area contributed by atoms with Crippen LogP contribution in [0.25, 0.3) is 0 Å². The second kappa shape index (κ2) is 7.98. The fraction of sp³-hybridized carbons (Fsp3) is 0.286. The van der Waals surface area contributed by atoms with E-state index in [1.807, 2.05) is 0 Å². The Kier molecular flexibility index (Phi) is 5.63. The van der Waals surface area contributed by atoms with Gasteiger partial charge in [0.15, 0.2) is 0 Å². The van der Waals surface area contributed by atoms with Gasteiger partial charge in [-0.05, 0) is 35.4 Å². The third-order valence-electron chi connectivity index (χ3n) is 4.81. The van der Waals surface area contributed by atoms with E-state index in [1.54, 1.807) is 32.3 Å². The van der Waals surface area contributed by atoms with Crippen LogP contribution in [0, 0.1) is 11.6 Å². The van der Waals surface area contributed by atoms with Gasteiger partial charge in [-0.25, -0.2) is 8.78 Å². The van der Waals surface area contributed by atoms with E-state index in [9.17, 15) is 23.2 Å². The third-order valence-corrected chi connectivity index (χ3v) is 4.81. The van der Waals surface area contributed by atoms with Crippen LogP contribution >= 0.6 is 0 Å². The lowest BCUT2D eigenvalue weighted by Gasteiger charge is -2.37. The minimum absolute atomic E-state index is 0.0582. The topological polar surface area (TPSA) is 69.7 Å². The van der Waals surface area contributed by atoms with Gasteiger partial charge in [0.25, 0.3) is 5.91 Å². The Labute approximate surface area is 167 Å². The predicted molar refractivity (Wildman–Crippen MR) is 103 cm³/mol. The molecular weight excluding hydrogens is 380 g/mol. The highest BCUT2D eigenvalue weighted by Crippen LogP contribution is 2.29. The van der Waals surface area contributed by atoms with Crippen LogP contribution in [-0.2, 0) is 22.6 Å². The van der Waals surface area contributed by atoms with Crippen molar-refractivity contribution in [1.82, 2.24) is 9.80 Å². The smallest absolute Gasteiger partial charge is 0.257 e. The molecule has 2 aromatic rings. The van der Waals surface area contributed by atoms with Gasteiger partial charge in [-0.1, -0.05) is 6.07 Å². The van der Waals surface area contributed by atoms with Crippen molar-refractivity contribution in [2.24, 2.45) is 0 Å². The summed E-state index contributed by atoms with van der Waals surface area (Å²) in [6.45, 7) is 1.45. The number of rotatable bonds is 3. The lowest BCUT2D eigenvalue weighted by Crippen LogP contribution is -2.52. The van der Waals surface area contributed by atoms with Crippen molar-refractivity contribution in [2.75, 3.05) is 19.4 Å². The normalized spacial score (nSPS) is 15.5. The number of halogens is 2. The van der Waals surface area contributed by atoms with Crippen LogP contribution in [0.1, 0.15) is 28.4 Å². The van der Waals surface area contributed by atoms with Crippen molar-refractivity contribution >= 4 is 23.4 Å². The molecule has 1 aliphatic heterocycles. The molecule has 6 nitrogen and oxygen atoms in total.